The molecule has 522 valence electrons. The number of aliphatic hydroxyl groups excluding tert-OH is 1. The summed E-state index contributed by atoms with van der Waals surface area (Å²) in [6, 6.07) is 0. The molecule has 0 saturated carbocycles. The quantitative estimate of drug-likeness (QED) is 0.0222. The number of hydrogen-bond acceptors (Lipinski definition) is 15. The fraction of sp³-hybridized carbons (Fsp3) is 0.942. The number of aliphatic hydroxyl groups is 1. The summed E-state index contributed by atoms with van der Waals surface area (Å²) in [5.41, 5.74) is 0. The van der Waals surface area contributed by atoms with E-state index in [2.05, 4.69) is 55.4 Å². The summed E-state index contributed by atoms with van der Waals surface area (Å²) >= 11 is 0. The maximum Gasteiger partial charge on any atom is 0.472 e. The summed E-state index contributed by atoms with van der Waals surface area (Å²) in [6.45, 7) is 14.0. The molecule has 0 aromatic heterocycles. The van der Waals surface area contributed by atoms with Gasteiger partial charge in [-0.2, -0.15) is 0 Å². The molecule has 0 fully saturated rings. The highest BCUT2D eigenvalue weighted by Crippen LogP contribution is 2.45. The molecule has 0 aromatic rings. The molecule has 88 heavy (non-hydrogen) atoms. The van der Waals surface area contributed by atoms with Crippen molar-refractivity contribution in [2.24, 2.45) is 23.7 Å². The highest BCUT2D eigenvalue weighted by molar-refractivity contribution is 7.47. The molecule has 0 rings (SSSR count). The highest BCUT2D eigenvalue weighted by Gasteiger charge is 2.30. The Morgan fingerprint density at radius 2 is 0.545 bits per heavy atom. The lowest BCUT2D eigenvalue weighted by Gasteiger charge is -2.21. The zero-order chi connectivity index (χ0) is 65.4. The molecule has 3 N–H and O–H groups in total. The lowest BCUT2D eigenvalue weighted by atomic mass is 10.00. The Hall–Kier alpha value is -1.94. The summed E-state index contributed by atoms with van der Waals surface area (Å²) in [6.07, 6.45) is 40.5. The van der Waals surface area contributed by atoms with E-state index in [4.69, 9.17) is 37.0 Å². The van der Waals surface area contributed by atoms with E-state index in [1.54, 1.807) is 0 Å². The number of hydrogen-bond donors (Lipinski definition) is 3. The van der Waals surface area contributed by atoms with Crippen molar-refractivity contribution < 1.29 is 80.2 Å². The van der Waals surface area contributed by atoms with Crippen LogP contribution in [0.15, 0.2) is 0 Å². The molecule has 0 aliphatic rings. The monoisotopic (exact) mass is 1300 g/mol. The number of phosphoric ester groups is 2. The molecule has 0 spiro atoms. The average molecular weight is 1300 g/mol. The summed E-state index contributed by atoms with van der Waals surface area (Å²) in [5, 5.41) is 10.6. The standard InChI is InChI=1S/C69H134O17P2/c1-9-61(7)47-39-31-25-27-34-42-50-67(72)80-56-65(86-69(74)52-44-36-28-26-32-40-48-62(8)10-2)58-84-88(77,78)82-54-63(70)53-81-87(75,76)83-57-64(55-79-66(71)49-41-33-24-20-22-30-38-46-60(5)6)85-68(73)51-43-35-23-19-17-15-13-11-12-14-16-18-21-29-37-45-59(3)4/h59-65,70H,9-58H2,1-8H3,(H,75,76)(H,77,78)/t61?,62?,63-,64-,65-/m1/s1. The first-order valence-electron chi connectivity index (χ1n) is 35.8. The van der Waals surface area contributed by atoms with E-state index in [1.165, 1.54) is 128 Å². The third kappa shape index (κ3) is 60.3. The van der Waals surface area contributed by atoms with Gasteiger partial charge in [0.05, 0.1) is 26.4 Å². The third-order valence-corrected chi connectivity index (χ3v) is 18.4. The minimum Gasteiger partial charge on any atom is -0.462 e. The van der Waals surface area contributed by atoms with Crippen LogP contribution in [0.1, 0.15) is 338 Å². The van der Waals surface area contributed by atoms with Gasteiger partial charge in [-0.3, -0.25) is 37.3 Å². The zero-order valence-electron chi connectivity index (χ0n) is 57.3. The second-order valence-corrected chi connectivity index (χ2v) is 29.3. The van der Waals surface area contributed by atoms with Crippen molar-refractivity contribution in [2.75, 3.05) is 39.6 Å². The van der Waals surface area contributed by atoms with Gasteiger partial charge in [0.15, 0.2) is 12.2 Å². The van der Waals surface area contributed by atoms with Crippen LogP contribution in [-0.4, -0.2) is 96.7 Å². The van der Waals surface area contributed by atoms with Gasteiger partial charge < -0.3 is 33.8 Å². The number of ether oxygens (including phenoxy) is 4. The lowest BCUT2D eigenvalue weighted by Crippen LogP contribution is -2.30. The Bertz CT molecular complexity index is 1750. The molecule has 17 nitrogen and oxygen atoms in total. The van der Waals surface area contributed by atoms with Crippen LogP contribution in [0.2, 0.25) is 0 Å². The fourth-order valence-corrected chi connectivity index (χ4v) is 11.8. The Morgan fingerprint density at radius 1 is 0.318 bits per heavy atom. The predicted molar refractivity (Wildman–Crippen MR) is 354 cm³/mol. The minimum atomic E-state index is -4.95. The molecule has 0 aliphatic heterocycles. The molecule has 0 heterocycles. The Balaban J connectivity index is 5.22. The second-order valence-electron chi connectivity index (χ2n) is 26.4. The van der Waals surface area contributed by atoms with Crippen molar-refractivity contribution in [2.45, 2.75) is 356 Å². The fourth-order valence-electron chi connectivity index (χ4n) is 10.2. The number of phosphoric acid groups is 2. The van der Waals surface area contributed by atoms with Gasteiger partial charge in [-0.1, -0.05) is 287 Å². The number of rotatable bonds is 66. The number of esters is 4. The van der Waals surface area contributed by atoms with Gasteiger partial charge in [-0.05, 0) is 49.4 Å². The third-order valence-electron chi connectivity index (χ3n) is 16.5. The minimum absolute atomic E-state index is 0.101. The summed E-state index contributed by atoms with van der Waals surface area (Å²) in [5.74, 6) is 0.823. The van der Waals surface area contributed by atoms with Crippen LogP contribution < -0.4 is 0 Å². The van der Waals surface area contributed by atoms with Gasteiger partial charge in [0.25, 0.3) is 0 Å². The van der Waals surface area contributed by atoms with E-state index in [0.29, 0.717) is 31.6 Å². The van der Waals surface area contributed by atoms with E-state index in [1.807, 2.05) is 0 Å². The number of unbranched alkanes of at least 4 members (excludes halogenated alkanes) is 30. The summed E-state index contributed by atoms with van der Waals surface area (Å²) in [7, 11) is -9.90. The van der Waals surface area contributed by atoms with Gasteiger partial charge >= 0.3 is 39.5 Å². The molecule has 0 bridgehead atoms. The van der Waals surface area contributed by atoms with E-state index < -0.39 is 97.5 Å². The van der Waals surface area contributed by atoms with Crippen molar-refractivity contribution in [1.82, 2.24) is 0 Å². The zero-order valence-corrected chi connectivity index (χ0v) is 59.1. The summed E-state index contributed by atoms with van der Waals surface area (Å²) < 4.78 is 68.2. The molecule has 19 heteroatoms. The Labute approximate surface area is 537 Å². The smallest absolute Gasteiger partial charge is 0.462 e. The highest BCUT2D eigenvalue weighted by atomic mass is 31.2. The molecule has 0 saturated heterocycles. The SMILES string of the molecule is CCC(C)CCCCCCCCC(=O)OC[C@H](COP(=O)(O)OC[C@H](O)COP(=O)(O)OC[C@@H](COC(=O)CCCCCCCCCC(C)C)OC(=O)CCCCCCCCCCCCCCCCCC(C)C)OC(=O)CCCCCCCCC(C)CC. The average Bonchev–Trinajstić information content (AvgIpc) is 3.38. The normalized spacial score (nSPS) is 14.9. The van der Waals surface area contributed by atoms with Gasteiger partial charge in [0.2, 0.25) is 0 Å². The van der Waals surface area contributed by atoms with Crippen molar-refractivity contribution in [3.05, 3.63) is 0 Å². The maximum atomic E-state index is 13.0. The van der Waals surface area contributed by atoms with E-state index in [9.17, 15) is 43.2 Å². The molecule has 4 unspecified atom stereocenters. The predicted octanol–water partition coefficient (Wildman–Crippen LogP) is 19.3. The van der Waals surface area contributed by atoms with Crippen LogP contribution in [-0.2, 0) is 65.4 Å². The number of carbonyl (C=O) groups is 4. The van der Waals surface area contributed by atoms with Crippen LogP contribution in [0.4, 0.5) is 0 Å². The molecular formula is C69H134O17P2. The van der Waals surface area contributed by atoms with Gasteiger partial charge in [0.1, 0.15) is 19.3 Å². The lowest BCUT2D eigenvalue weighted by molar-refractivity contribution is -0.161. The van der Waals surface area contributed by atoms with Crippen LogP contribution in [0.5, 0.6) is 0 Å². The topological polar surface area (TPSA) is 237 Å². The largest absolute Gasteiger partial charge is 0.472 e. The van der Waals surface area contributed by atoms with E-state index in [0.717, 1.165) is 120 Å². The molecule has 0 amide bonds. The molecular weight excluding hydrogens is 1160 g/mol. The summed E-state index contributed by atoms with van der Waals surface area (Å²) in [4.78, 5) is 72.4. The van der Waals surface area contributed by atoms with Gasteiger partial charge in [-0.25, -0.2) is 9.13 Å². The Morgan fingerprint density at radius 3 is 0.807 bits per heavy atom. The van der Waals surface area contributed by atoms with Crippen LogP contribution in [0, 0.1) is 23.7 Å². The van der Waals surface area contributed by atoms with Crippen molar-refractivity contribution in [3.8, 4) is 0 Å². The van der Waals surface area contributed by atoms with Gasteiger partial charge in [0, 0.05) is 25.7 Å². The van der Waals surface area contributed by atoms with Gasteiger partial charge in [-0.15, -0.1) is 0 Å². The first-order valence-corrected chi connectivity index (χ1v) is 38.8. The first-order chi connectivity index (χ1) is 42.2. The second kappa shape index (κ2) is 58.8. The molecule has 0 aromatic carbocycles. The van der Waals surface area contributed by atoms with E-state index >= 15 is 0 Å². The Kier molecular flexibility index (Phi) is 57.6. The van der Waals surface area contributed by atoms with Crippen molar-refractivity contribution in [1.29, 1.82) is 0 Å². The van der Waals surface area contributed by atoms with Crippen LogP contribution in [0.3, 0.4) is 0 Å². The van der Waals surface area contributed by atoms with Crippen LogP contribution >= 0.6 is 15.6 Å². The maximum absolute atomic E-state index is 13.0. The van der Waals surface area contributed by atoms with Crippen molar-refractivity contribution >= 4 is 39.5 Å². The molecule has 0 radical (unpaired) electrons. The van der Waals surface area contributed by atoms with E-state index in [-0.39, 0.29) is 25.7 Å². The molecule has 0 aliphatic carbocycles. The van der Waals surface area contributed by atoms with Crippen molar-refractivity contribution in [3.63, 3.8) is 0 Å². The van der Waals surface area contributed by atoms with Crippen LogP contribution in [0.25, 0.3) is 0 Å². The first kappa shape index (κ1) is 86.1. The molecule has 7 atom stereocenters. The number of carbonyl (C=O) groups excluding carboxylic acids is 4.